The largest absolute Gasteiger partial charge is 0.493 e. The molecule has 0 bridgehead atoms. The van der Waals surface area contributed by atoms with Crippen molar-refractivity contribution >= 4 is 21.4 Å². The first-order chi connectivity index (χ1) is 15.5. The Bertz CT molecular complexity index is 1100. The molecule has 1 aromatic heterocycles. The lowest BCUT2D eigenvalue weighted by molar-refractivity contribution is 0.0926. The van der Waals surface area contributed by atoms with Crippen LogP contribution in [0.3, 0.4) is 0 Å². The molecule has 1 aliphatic heterocycles. The average Bonchev–Trinajstić information content (AvgIpc) is 3.48. The Morgan fingerprint density at radius 3 is 2.69 bits per heavy atom. The Morgan fingerprint density at radius 2 is 1.97 bits per heavy atom. The van der Waals surface area contributed by atoms with Crippen molar-refractivity contribution in [3.63, 3.8) is 0 Å². The maximum absolute atomic E-state index is 13.3. The summed E-state index contributed by atoms with van der Waals surface area (Å²) in [5.41, 5.74) is 2.06. The number of benzene rings is 2. The van der Waals surface area contributed by atoms with Crippen LogP contribution >= 0.6 is 11.3 Å². The van der Waals surface area contributed by atoms with Crippen LogP contribution in [0.5, 0.6) is 5.75 Å². The zero-order valence-corrected chi connectivity index (χ0v) is 19.3. The maximum Gasteiger partial charge on any atom is 0.243 e. The molecule has 1 saturated heterocycles. The van der Waals surface area contributed by atoms with Gasteiger partial charge in [-0.05, 0) is 77.2 Å². The van der Waals surface area contributed by atoms with Crippen LogP contribution in [0.1, 0.15) is 24.0 Å². The Kier molecular flexibility index (Phi) is 7.57. The highest BCUT2D eigenvalue weighted by Gasteiger charge is 2.29. The Balaban J connectivity index is 1.49. The molecule has 1 atom stereocenters. The molecule has 5 nitrogen and oxygen atoms in total. The summed E-state index contributed by atoms with van der Waals surface area (Å²) in [6.45, 7) is 1.63. The predicted octanol–water partition coefficient (Wildman–Crippen LogP) is 4.88. The summed E-state index contributed by atoms with van der Waals surface area (Å²) in [6, 6.07) is 14.5. The number of ether oxygens (including phenoxy) is 2. The molecule has 170 valence electrons. The van der Waals surface area contributed by atoms with Gasteiger partial charge in [0.05, 0.1) is 17.6 Å². The van der Waals surface area contributed by atoms with Crippen LogP contribution in [0, 0.1) is 5.82 Å². The molecule has 0 amide bonds. The molecule has 1 aliphatic rings. The third kappa shape index (κ3) is 5.95. The zero-order chi connectivity index (χ0) is 22.4. The van der Waals surface area contributed by atoms with Gasteiger partial charge in [0.1, 0.15) is 11.6 Å². The van der Waals surface area contributed by atoms with Gasteiger partial charge in [-0.2, -0.15) is 15.6 Å². The van der Waals surface area contributed by atoms with E-state index in [1.807, 2.05) is 29.6 Å². The standard InChI is InChI=1S/C24H26FNO4S2/c25-21-6-8-24(9-7-21)32(27,28)26(17-23-5-2-12-29-23)16-20-3-1-4-22(15-20)30-13-10-19-11-14-31-18-19/h1,3-4,6-9,11,14-15,18,23H,2,5,10,12-13,16-17H2/t23-/m0/s1. The first-order valence-electron chi connectivity index (χ1n) is 10.6. The molecule has 0 radical (unpaired) electrons. The minimum Gasteiger partial charge on any atom is -0.493 e. The van der Waals surface area contributed by atoms with Gasteiger partial charge >= 0.3 is 0 Å². The fourth-order valence-corrected chi connectivity index (χ4v) is 5.84. The molecule has 32 heavy (non-hydrogen) atoms. The first-order valence-corrected chi connectivity index (χ1v) is 13.0. The van der Waals surface area contributed by atoms with Crippen molar-refractivity contribution in [1.82, 2.24) is 4.31 Å². The smallest absolute Gasteiger partial charge is 0.243 e. The van der Waals surface area contributed by atoms with Crippen LogP contribution < -0.4 is 4.74 Å². The summed E-state index contributed by atoms with van der Waals surface area (Å²) in [5.74, 6) is 0.232. The number of halogens is 1. The van der Waals surface area contributed by atoms with E-state index in [9.17, 15) is 12.8 Å². The SMILES string of the molecule is O=S(=O)(c1ccc(F)cc1)N(Cc1cccc(OCCc2ccsc2)c1)C[C@@H]1CCCO1. The molecular weight excluding hydrogens is 449 g/mol. The molecule has 3 aromatic rings. The second-order valence-electron chi connectivity index (χ2n) is 7.76. The van der Waals surface area contributed by atoms with Gasteiger partial charge in [0.15, 0.2) is 0 Å². The summed E-state index contributed by atoms with van der Waals surface area (Å²) >= 11 is 1.66. The molecule has 2 heterocycles. The topological polar surface area (TPSA) is 55.8 Å². The van der Waals surface area contributed by atoms with Crippen LogP contribution in [0.4, 0.5) is 4.39 Å². The second-order valence-corrected chi connectivity index (χ2v) is 10.5. The van der Waals surface area contributed by atoms with Gasteiger partial charge in [0.25, 0.3) is 0 Å². The molecule has 8 heteroatoms. The minimum atomic E-state index is -3.82. The molecule has 0 unspecified atom stereocenters. The number of hydrogen-bond donors (Lipinski definition) is 0. The fraction of sp³-hybridized carbons (Fsp3) is 0.333. The zero-order valence-electron chi connectivity index (χ0n) is 17.7. The van der Waals surface area contributed by atoms with Crippen LogP contribution in [-0.2, 0) is 27.7 Å². The van der Waals surface area contributed by atoms with Crippen molar-refractivity contribution in [2.24, 2.45) is 0 Å². The highest BCUT2D eigenvalue weighted by Crippen LogP contribution is 2.24. The average molecular weight is 476 g/mol. The molecule has 0 spiro atoms. The van der Waals surface area contributed by atoms with Gasteiger partial charge in [0.2, 0.25) is 10.0 Å². The lowest BCUT2D eigenvalue weighted by Gasteiger charge is -2.25. The van der Waals surface area contributed by atoms with E-state index in [2.05, 4.69) is 11.4 Å². The van der Waals surface area contributed by atoms with Crippen LogP contribution in [-0.4, -0.2) is 38.6 Å². The van der Waals surface area contributed by atoms with E-state index < -0.39 is 15.8 Å². The lowest BCUT2D eigenvalue weighted by Crippen LogP contribution is -2.37. The Hall–Kier alpha value is -2.26. The van der Waals surface area contributed by atoms with E-state index in [4.69, 9.17) is 9.47 Å². The summed E-state index contributed by atoms with van der Waals surface area (Å²) in [6.07, 6.45) is 2.41. The summed E-state index contributed by atoms with van der Waals surface area (Å²) in [4.78, 5) is 0.0695. The highest BCUT2D eigenvalue weighted by molar-refractivity contribution is 7.89. The normalized spacial score (nSPS) is 16.5. The number of thiophene rings is 1. The molecule has 0 N–H and O–H groups in total. The van der Waals surface area contributed by atoms with Gasteiger partial charge in [0, 0.05) is 26.1 Å². The lowest BCUT2D eigenvalue weighted by atomic mass is 10.2. The maximum atomic E-state index is 13.3. The minimum absolute atomic E-state index is 0.0695. The van der Waals surface area contributed by atoms with E-state index in [1.54, 1.807) is 11.3 Å². The van der Waals surface area contributed by atoms with Crippen LogP contribution in [0.15, 0.2) is 70.3 Å². The van der Waals surface area contributed by atoms with E-state index in [1.165, 1.54) is 34.1 Å². The number of sulfonamides is 1. The van der Waals surface area contributed by atoms with Crippen molar-refractivity contribution in [2.45, 2.75) is 36.8 Å². The van der Waals surface area contributed by atoms with Crippen LogP contribution in [0.2, 0.25) is 0 Å². The molecular formula is C24H26FNO4S2. The van der Waals surface area contributed by atoms with Gasteiger partial charge in [-0.25, -0.2) is 12.8 Å². The predicted molar refractivity (Wildman–Crippen MR) is 123 cm³/mol. The van der Waals surface area contributed by atoms with E-state index in [0.29, 0.717) is 19.0 Å². The van der Waals surface area contributed by atoms with Gasteiger partial charge in [-0.1, -0.05) is 12.1 Å². The third-order valence-corrected chi connectivity index (χ3v) is 7.94. The van der Waals surface area contributed by atoms with Gasteiger partial charge < -0.3 is 9.47 Å². The van der Waals surface area contributed by atoms with Crippen molar-refractivity contribution in [3.05, 3.63) is 82.3 Å². The first kappa shape index (κ1) is 22.9. The van der Waals surface area contributed by atoms with Gasteiger partial charge in [-0.15, -0.1) is 0 Å². The molecule has 2 aromatic carbocycles. The van der Waals surface area contributed by atoms with Crippen molar-refractivity contribution in [2.75, 3.05) is 19.8 Å². The summed E-state index contributed by atoms with van der Waals surface area (Å²) in [5, 5.41) is 4.14. The van der Waals surface area contributed by atoms with Crippen molar-refractivity contribution in [1.29, 1.82) is 0 Å². The summed E-state index contributed by atoms with van der Waals surface area (Å²) in [7, 11) is -3.82. The third-order valence-electron chi connectivity index (χ3n) is 5.38. The van der Waals surface area contributed by atoms with E-state index in [0.717, 1.165) is 24.8 Å². The monoisotopic (exact) mass is 475 g/mol. The van der Waals surface area contributed by atoms with Crippen molar-refractivity contribution < 1.29 is 22.3 Å². The quantitative estimate of drug-likeness (QED) is 0.419. The van der Waals surface area contributed by atoms with Crippen LogP contribution in [0.25, 0.3) is 0 Å². The fourth-order valence-electron chi connectivity index (χ4n) is 3.68. The molecule has 0 aliphatic carbocycles. The number of hydrogen-bond acceptors (Lipinski definition) is 5. The number of rotatable bonds is 10. The van der Waals surface area contributed by atoms with Gasteiger partial charge in [-0.3, -0.25) is 0 Å². The Labute approximate surface area is 192 Å². The Morgan fingerprint density at radius 1 is 1.12 bits per heavy atom. The van der Waals surface area contributed by atoms with E-state index >= 15 is 0 Å². The number of nitrogens with zero attached hydrogens (tertiary/aromatic N) is 1. The molecule has 4 rings (SSSR count). The molecule has 1 fully saturated rings. The van der Waals surface area contributed by atoms with E-state index in [-0.39, 0.29) is 24.1 Å². The summed E-state index contributed by atoms with van der Waals surface area (Å²) < 4.78 is 53.0. The highest BCUT2D eigenvalue weighted by atomic mass is 32.2. The molecule has 0 saturated carbocycles. The second kappa shape index (κ2) is 10.6. The van der Waals surface area contributed by atoms with Crippen molar-refractivity contribution in [3.8, 4) is 5.75 Å².